The molecule has 3 atom stereocenters. The molecule has 0 aromatic carbocycles. The van der Waals surface area contributed by atoms with Gasteiger partial charge in [0.25, 0.3) is 0 Å². The van der Waals surface area contributed by atoms with Gasteiger partial charge in [-0.05, 0) is 68.4 Å². The van der Waals surface area contributed by atoms with Crippen molar-refractivity contribution in [3.63, 3.8) is 0 Å². The Labute approximate surface area is 128 Å². The second-order valence-electron chi connectivity index (χ2n) is 7.38. The molecule has 116 valence electrons. The number of ether oxygens (including phenoxy) is 1. The van der Waals surface area contributed by atoms with E-state index in [1.807, 2.05) is 0 Å². The first-order chi connectivity index (χ1) is 9.76. The molecule has 1 aliphatic carbocycles. The second-order valence-corrected chi connectivity index (χ2v) is 8.60. The topological polar surface area (TPSA) is 21.3 Å². The minimum absolute atomic E-state index is 0.237. The average Bonchev–Trinajstić information content (AvgIpc) is 2.46. The van der Waals surface area contributed by atoms with Crippen LogP contribution in [0.25, 0.3) is 0 Å². The van der Waals surface area contributed by atoms with Crippen molar-refractivity contribution in [1.29, 1.82) is 0 Å². The first-order valence-corrected chi connectivity index (χ1v) is 9.86. The maximum absolute atomic E-state index is 6.19. The molecule has 2 heterocycles. The Bertz CT molecular complexity index is 298. The van der Waals surface area contributed by atoms with E-state index < -0.39 is 0 Å². The van der Waals surface area contributed by atoms with E-state index in [1.54, 1.807) is 0 Å². The van der Waals surface area contributed by atoms with Gasteiger partial charge in [0, 0.05) is 12.6 Å². The van der Waals surface area contributed by atoms with Crippen molar-refractivity contribution in [2.24, 2.45) is 11.8 Å². The minimum atomic E-state index is 0.237. The lowest BCUT2D eigenvalue weighted by atomic mass is 9.81. The summed E-state index contributed by atoms with van der Waals surface area (Å²) in [5.41, 5.74) is 0.237. The molecule has 0 bridgehead atoms. The number of thioether (sulfide) groups is 1. The number of nitrogens with one attached hydrogen (secondary N) is 1. The molecule has 1 saturated carbocycles. The summed E-state index contributed by atoms with van der Waals surface area (Å²) in [4.78, 5) is 0. The molecule has 1 N–H and O–H groups in total. The van der Waals surface area contributed by atoms with Crippen LogP contribution in [-0.2, 0) is 4.74 Å². The van der Waals surface area contributed by atoms with Crippen molar-refractivity contribution in [3.8, 4) is 0 Å². The zero-order valence-corrected chi connectivity index (χ0v) is 13.9. The van der Waals surface area contributed by atoms with E-state index in [1.165, 1.54) is 69.4 Å². The Morgan fingerprint density at radius 3 is 2.85 bits per heavy atom. The van der Waals surface area contributed by atoms with Crippen LogP contribution in [0.3, 0.4) is 0 Å². The SMILES string of the molecule is CC1CCCC(CNC2CCOC3(CCSCC3)C2)C1. The Balaban J connectivity index is 1.45. The first-order valence-electron chi connectivity index (χ1n) is 8.71. The maximum atomic E-state index is 6.19. The van der Waals surface area contributed by atoms with Gasteiger partial charge in [0.15, 0.2) is 0 Å². The van der Waals surface area contributed by atoms with Crippen molar-refractivity contribution < 1.29 is 4.74 Å². The quantitative estimate of drug-likeness (QED) is 0.855. The van der Waals surface area contributed by atoms with E-state index in [2.05, 4.69) is 24.0 Å². The largest absolute Gasteiger partial charge is 0.375 e. The van der Waals surface area contributed by atoms with Gasteiger partial charge < -0.3 is 10.1 Å². The Morgan fingerprint density at radius 1 is 1.20 bits per heavy atom. The van der Waals surface area contributed by atoms with Crippen molar-refractivity contribution >= 4 is 11.8 Å². The summed E-state index contributed by atoms with van der Waals surface area (Å²) in [6.45, 7) is 4.65. The van der Waals surface area contributed by atoms with Crippen molar-refractivity contribution in [3.05, 3.63) is 0 Å². The standard InChI is InChI=1S/C17H31NOS/c1-14-3-2-4-15(11-14)13-18-16-5-8-19-17(12-16)6-9-20-10-7-17/h14-16,18H,2-13H2,1H3. The van der Waals surface area contributed by atoms with E-state index >= 15 is 0 Å². The van der Waals surface area contributed by atoms with Crippen LogP contribution >= 0.6 is 11.8 Å². The van der Waals surface area contributed by atoms with E-state index in [0.717, 1.165) is 18.4 Å². The smallest absolute Gasteiger partial charge is 0.0713 e. The van der Waals surface area contributed by atoms with Crippen LogP contribution in [0.1, 0.15) is 58.3 Å². The van der Waals surface area contributed by atoms with Gasteiger partial charge in [0.05, 0.1) is 5.60 Å². The first kappa shape index (κ1) is 15.2. The Morgan fingerprint density at radius 2 is 2.05 bits per heavy atom. The predicted molar refractivity (Wildman–Crippen MR) is 87.4 cm³/mol. The van der Waals surface area contributed by atoms with Crippen molar-refractivity contribution in [1.82, 2.24) is 5.32 Å². The van der Waals surface area contributed by atoms with Crippen molar-refractivity contribution in [2.45, 2.75) is 69.9 Å². The summed E-state index contributed by atoms with van der Waals surface area (Å²) >= 11 is 2.10. The van der Waals surface area contributed by atoms with Gasteiger partial charge in [-0.15, -0.1) is 0 Å². The monoisotopic (exact) mass is 297 g/mol. The highest BCUT2D eigenvalue weighted by Crippen LogP contribution is 2.37. The lowest BCUT2D eigenvalue weighted by molar-refractivity contribution is -0.0935. The molecule has 0 radical (unpaired) electrons. The molecular weight excluding hydrogens is 266 g/mol. The van der Waals surface area contributed by atoms with E-state index in [0.29, 0.717) is 6.04 Å². The van der Waals surface area contributed by atoms with Gasteiger partial charge in [-0.3, -0.25) is 0 Å². The third-order valence-electron chi connectivity index (χ3n) is 5.64. The van der Waals surface area contributed by atoms with Gasteiger partial charge in [-0.2, -0.15) is 11.8 Å². The Hall–Kier alpha value is 0.270. The molecule has 0 aromatic rings. The van der Waals surface area contributed by atoms with Gasteiger partial charge in [-0.1, -0.05) is 19.8 Å². The molecule has 3 aliphatic rings. The normalized spacial score (nSPS) is 38.0. The van der Waals surface area contributed by atoms with E-state index in [9.17, 15) is 0 Å². The predicted octanol–water partition coefficient (Wildman–Crippen LogP) is 3.85. The number of hydrogen-bond donors (Lipinski definition) is 1. The lowest BCUT2D eigenvalue weighted by Crippen LogP contribution is -2.49. The molecule has 2 aliphatic heterocycles. The minimum Gasteiger partial charge on any atom is -0.375 e. The molecule has 0 amide bonds. The maximum Gasteiger partial charge on any atom is 0.0713 e. The molecule has 3 rings (SSSR count). The third kappa shape index (κ3) is 3.92. The lowest BCUT2D eigenvalue weighted by Gasteiger charge is -2.44. The van der Waals surface area contributed by atoms with Crippen LogP contribution in [0.5, 0.6) is 0 Å². The highest BCUT2D eigenvalue weighted by Gasteiger charge is 2.38. The van der Waals surface area contributed by atoms with Crippen LogP contribution in [0, 0.1) is 11.8 Å². The fourth-order valence-corrected chi connectivity index (χ4v) is 5.61. The molecule has 3 fully saturated rings. The summed E-state index contributed by atoms with van der Waals surface area (Å²) in [7, 11) is 0. The van der Waals surface area contributed by atoms with Crippen LogP contribution in [0.15, 0.2) is 0 Å². The number of hydrogen-bond acceptors (Lipinski definition) is 3. The summed E-state index contributed by atoms with van der Waals surface area (Å²) in [5, 5.41) is 3.90. The highest BCUT2D eigenvalue weighted by molar-refractivity contribution is 7.99. The van der Waals surface area contributed by atoms with Gasteiger partial charge in [0.1, 0.15) is 0 Å². The number of rotatable bonds is 3. The van der Waals surface area contributed by atoms with Gasteiger partial charge in [0.2, 0.25) is 0 Å². The van der Waals surface area contributed by atoms with E-state index in [4.69, 9.17) is 4.74 Å². The molecular formula is C17H31NOS. The van der Waals surface area contributed by atoms with Gasteiger partial charge >= 0.3 is 0 Å². The summed E-state index contributed by atoms with van der Waals surface area (Å²) in [6.07, 6.45) is 10.8. The third-order valence-corrected chi connectivity index (χ3v) is 6.62. The second kappa shape index (κ2) is 7.02. The van der Waals surface area contributed by atoms with Crippen LogP contribution in [-0.4, -0.2) is 36.3 Å². The zero-order chi connectivity index (χ0) is 13.8. The average molecular weight is 298 g/mol. The molecule has 20 heavy (non-hydrogen) atoms. The van der Waals surface area contributed by atoms with Crippen LogP contribution in [0.4, 0.5) is 0 Å². The van der Waals surface area contributed by atoms with Crippen LogP contribution in [0.2, 0.25) is 0 Å². The van der Waals surface area contributed by atoms with Gasteiger partial charge in [-0.25, -0.2) is 0 Å². The molecule has 3 heteroatoms. The van der Waals surface area contributed by atoms with Crippen LogP contribution < -0.4 is 5.32 Å². The highest BCUT2D eigenvalue weighted by atomic mass is 32.2. The summed E-state index contributed by atoms with van der Waals surface area (Å²) in [5.74, 6) is 4.48. The molecule has 0 aromatic heterocycles. The summed E-state index contributed by atoms with van der Waals surface area (Å²) < 4.78 is 6.19. The Kier molecular flexibility index (Phi) is 5.33. The molecule has 3 unspecified atom stereocenters. The zero-order valence-electron chi connectivity index (χ0n) is 13.0. The molecule has 2 saturated heterocycles. The van der Waals surface area contributed by atoms with E-state index in [-0.39, 0.29) is 5.60 Å². The summed E-state index contributed by atoms with van der Waals surface area (Å²) in [6, 6.07) is 0.712. The fraction of sp³-hybridized carbons (Fsp3) is 1.00. The molecule has 2 nitrogen and oxygen atoms in total. The van der Waals surface area contributed by atoms with Crippen molar-refractivity contribution in [2.75, 3.05) is 24.7 Å². The fourth-order valence-electron chi connectivity index (χ4n) is 4.37. The molecule has 1 spiro atoms.